The molecule has 0 saturated carbocycles. The van der Waals surface area contributed by atoms with Crippen molar-refractivity contribution in [1.29, 1.82) is 0 Å². The minimum absolute atomic E-state index is 0.157. The summed E-state index contributed by atoms with van der Waals surface area (Å²) >= 11 is 0. The number of aromatic nitrogens is 3. The van der Waals surface area contributed by atoms with Crippen molar-refractivity contribution in [3.8, 4) is 56.4 Å². The number of nitrogen functional groups attached to an aromatic ring is 1. The van der Waals surface area contributed by atoms with Gasteiger partial charge in [-0.25, -0.2) is 15.0 Å². The van der Waals surface area contributed by atoms with Gasteiger partial charge in [0.1, 0.15) is 22.3 Å². The first-order valence-corrected chi connectivity index (χ1v) is 18.1. The molecule has 0 radical (unpaired) electrons. The quantitative estimate of drug-likeness (QED) is 0.184. The summed E-state index contributed by atoms with van der Waals surface area (Å²) in [5.74, 6) is 1.80. The van der Waals surface area contributed by atoms with E-state index in [0.717, 1.165) is 71.7 Å². The van der Waals surface area contributed by atoms with Crippen LogP contribution in [0.5, 0.6) is 0 Å². The molecule has 6 heteroatoms. The summed E-state index contributed by atoms with van der Waals surface area (Å²) in [5, 5.41) is 3.90. The first kappa shape index (κ1) is 30.6. The number of fused-ring (bicyclic) bond motifs is 9. The van der Waals surface area contributed by atoms with Crippen molar-refractivity contribution in [2.45, 2.75) is 19.3 Å². The molecule has 3 aromatic heterocycles. The van der Waals surface area contributed by atoms with E-state index in [1.54, 1.807) is 0 Å². The Balaban J connectivity index is 1.13. The molecule has 11 rings (SSSR count). The van der Waals surface area contributed by atoms with E-state index in [2.05, 4.69) is 80.6 Å². The van der Waals surface area contributed by atoms with E-state index in [1.807, 2.05) is 78.9 Å². The van der Waals surface area contributed by atoms with Gasteiger partial charge in [-0.2, -0.15) is 0 Å². The van der Waals surface area contributed by atoms with Crippen molar-refractivity contribution in [3.63, 3.8) is 0 Å². The molecule has 0 aliphatic heterocycles. The molecule has 0 saturated heterocycles. The zero-order chi connectivity index (χ0) is 36.1. The molecule has 7 aromatic carbocycles. The van der Waals surface area contributed by atoms with Gasteiger partial charge in [0, 0.05) is 54.9 Å². The third kappa shape index (κ3) is 4.43. The number of hydrogen-bond donors (Lipinski definition) is 1. The second kappa shape index (κ2) is 11.2. The van der Waals surface area contributed by atoms with Crippen molar-refractivity contribution >= 4 is 49.6 Å². The third-order valence-electron chi connectivity index (χ3n) is 11.1. The Kier molecular flexibility index (Phi) is 6.35. The van der Waals surface area contributed by atoms with Gasteiger partial charge in [0.05, 0.1) is 0 Å². The average molecular weight is 697 g/mol. The van der Waals surface area contributed by atoms with Gasteiger partial charge < -0.3 is 14.6 Å². The molecule has 0 unspecified atom stereocenters. The summed E-state index contributed by atoms with van der Waals surface area (Å²) in [5.41, 5.74) is 20.2. The van der Waals surface area contributed by atoms with Crippen LogP contribution in [0.4, 0.5) is 5.69 Å². The highest BCUT2D eigenvalue weighted by Gasteiger charge is 2.35. The maximum Gasteiger partial charge on any atom is 0.164 e. The lowest BCUT2D eigenvalue weighted by molar-refractivity contribution is 0.660. The summed E-state index contributed by atoms with van der Waals surface area (Å²) in [6.45, 7) is 4.58. The summed E-state index contributed by atoms with van der Waals surface area (Å²) in [4.78, 5) is 15.5. The first-order chi connectivity index (χ1) is 26.4. The number of hydrogen-bond acceptors (Lipinski definition) is 6. The van der Waals surface area contributed by atoms with Crippen LogP contribution in [0.1, 0.15) is 25.0 Å². The molecule has 0 fully saturated rings. The molecule has 10 aromatic rings. The van der Waals surface area contributed by atoms with E-state index >= 15 is 0 Å². The van der Waals surface area contributed by atoms with Crippen molar-refractivity contribution in [2.24, 2.45) is 0 Å². The zero-order valence-electron chi connectivity index (χ0n) is 29.6. The fraction of sp³-hybridized carbons (Fsp3) is 0.0625. The Labute approximate surface area is 310 Å². The molecule has 54 heavy (non-hydrogen) atoms. The van der Waals surface area contributed by atoms with Crippen LogP contribution in [0.2, 0.25) is 0 Å². The maximum atomic E-state index is 6.75. The van der Waals surface area contributed by atoms with Crippen molar-refractivity contribution in [1.82, 2.24) is 15.0 Å². The molecule has 0 bridgehead atoms. The van der Waals surface area contributed by atoms with Crippen LogP contribution in [0, 0.1) is 0 Å². The number of para-hydroxylation sites is 1. The molecule has 0 atom stereocenters. The van der Waals surface area contributed by atoms with Crippen molar-refractivity contribution in [3.05, 3.63) is 157 Å². The van der Waals surface area contributed by atoms with Gasteiger partial charge in [-0.15, -0.1) is 0 Å². The summed E-state index contributed by atoms with van der Waals surface area (Å²) in [6, 6.07) is 49.6. The van der Waals surface area contributed by atoms with Gasteiger partial charge >= 0.3 is 0 Å². The smallest absolute Gasteiger partial charge is 0.164 e. The number of benzene rings is 7. The van der Waals surface area contributed by atoms with E-state index < -0.39 is 0 Å². The molecule has 2 N–H and O–H groups in total. The second-order valence-corrected chi connectivity index (χ2v) is 14.6. The molecule has 256 valence electrons. The normalized spacial score (nSPS) is 13.2. The van der Waals surface area contributed by atoms with Crippen LogP contribution in [0.25, 0.3) is 100 Å². The largest absolute Gasteiger partial charge is 0.456 e. The van der Waals surface area contributed by atoms with E-state index in [0.29, 0.717) is 23.2 Å². The van der Waals surface area contributed by atoms with E-state index in [9.17, 15) is 0 Å². The fourth-order valence-corrected chi connectivity index (χ4v) is 8.50. The SMILES string of the molecule is CC1(C)c2ccccc2-c2ccc(-c3nc(-c4ccccc4)nc(-c4cccc5oc6ccc(-c7c(N)ccc8oc9ccccc9c78)cc6c45)n3)cc21. The van der Waals surface area contributed by atoms with Crippen LogP contribution in [-0.4, -0.2) is 15.0 Å². The van der Waals surface area contributed by atoms with Crippen molar-refractivity contribution < 1.29 is 8.83 Å². The zero-order valence-corrected chi connectivity index (χ0v) is 29.6. The summed E-state index contributed by atoms with van der Waals surface area (Å²) in [6.07, 6.45) is 0. The van der Waals surface area contributed by atoms with Crippen molar-refractivity contribution in [2.75, 3.05) is 5.73 Å². The number of nitrogens with two attached hydrogens (primary N) is 1. The topological polar surface area (TPSA) is 91.0 Å². The molecular formula is C48H32N4O2. The highest BCUT2D eigenvalue weighted by atomic mass is 16.3. The van der Waals surface area contributed by atoms with Gasteiger partial charge in [0.2, 0.25) is 0 Å². The maximum absolute atomic E-state index is 6.75. The Morgan fingerprint density at radius 3 is 1.94 bits per heavy atom. The monoisotopic (exact) mass is 696 g/mol. The Morgan fingerprint density at radius 1 is 0.444 bits per heavy atom. The first-order valence-electron chi connectivity index (χ1n) is 18.1. The van der Waals surface area contributed by atoms with Crippen LogP contribution in [0.3, 0.4) is 0 Å². The minimum Gasteiger partial charge on any atom is -0.456 e. The number of nitrogens with zero attached hydrogens (tertiary/aromatic N) is 3. The minimum atomic E-state index is -0.157. The number of furan rings is 2. The highest BCUT2D eigenvalue weighted by molar-refractivity contribution is 6.17. The lowest BCUT2D eigenvalue weighted by Crippen LogP contribution is -2.15. The predicted octanol–water partition coefficient (Wildman–Crippen LogP) is 12.2. The highest BCUT2D eigenvalue weighted by Crippen LogP contribution is 2.50. The molecule has 0 amide bonds. The van der Waals surface area contributed by atoms with Gasteiger partial charge in [0.15, 0.2) is 17.5 Å². The Bertz CT molecular complexity index is 3160. The number of anilines is 1. The molecular weight excluding hydrogens is 665 g/mol. The van der Waals surface area contributed by atoms with Crippen LogP contribution in [-0.2, 0) is 5.41 Å². The van der Waals surface area contributed by atoms with Crippen LogP contribution in [0.15, 0.2) is 154 Å². The van der Waals surface area contributed by atoms with E-state index in [-0.39, 0.29) is 5.41 Å². The Morgan fingerprint density at radius 2 is 1.07 bits per heavy atom. The van der Waals surface area contributed by atoms with Gasteiger partial charge in [-0.05, 0) is 70.3 Å². The molecule has 1 aliphatic rings. The lowest BCUT2D eigenvalue weighted by Gasteiger charge is -2.21. The van der Waals surface area contributed by atoms with Gasteiger partial charge in [-0.3, -0.25) is 0 Å². The average Bonchev–Trinajstić information content (AvgIpc) is 3.85. The van der Waals surface area contributed by atoms with Gasteiger partial charge in [-0.1, -0.05) is 117 Å². The second-order valence-electron chi connectivity index (χ2n) is 14.6. The molecule has 0 spiro atoms. The molecule has 1 aliphatic carbocycles. The molecule has 6 nitrogen and oxygen atoms in total. The van der Waals surface area contributed by atoms with Crippen LogP contribution >= 0.6 is 0 Å². The molecule has 3 heterocycles. The summed E-state index contributed by atoms with van der Waals surface area (Å²) in [7, 11) is 0. The Hall–Kier alpha value is -7.05. The van der Waals surface area contributed by atoms with E-state index in [1.165, 1.54) is 22.3 Å². The lowest BCUT2D eigenvalue weighted by atomic mass is 9.82. The summed E-state index contributed by atoms with van der Waals surface area (Å²) < 4.78 is 12.7. The predicted molar refractivity (Wildman–Crippen MR) is 218 cm³/mol. The third-order valence-corrected chi connectivity index (χ3v) is 11.1. The number of rotatable bonds is 4. The van der Waals surface area contributed by atoms with Crippen LogP contribution < -0.4 is 5.73 Å². The fourth-order valence-electron chi connectivity index (χ4n) is 8.50. The standard InChI is InChI=1S/C48H32N4O2/c1-48(2)35-16-8-6-13-30(35)31-21-19-29(26-36(31)48)46-50-45(27-11-4-3-5-12-27)51-47(52-46)33-15-10-18-40-43(33)34-25-28(20-23-39(34)54-40)42-37(49)22-24-41-44(42)32-14-7-9-17-38(32)53-41/h3-26H,49H2,1-2H3. The van der Waals surface area contributed by atoms with Gasteiger partial charge in [0.25, 0.3) is 0 Å². The van der Waals surface area contributed by atoms with E-state index in [4.69, 9.17) is 29.5 Å².